The number of piperazine rings is 1. The third kappa shape index (κ3) is 5.15. The average molecular weight is 484 g/mol. The predicted molar refractivity (Wildman–Crippen MR) is 133 cm³/mol. The SMILES string of the molecule is Cc1ccc(C)c(NS(=O)(=O)c2cc(C(=O)N3CCN(c4ccccc4)CC3)ccc2Cl)c1. The van der Waals surface area contributed by atoms with Gasteiger partial charge in [-0.15, -0.1) is 0 Å². The second kappa shape index (κ2) is 9.45. The molecule has 0 atom stereocenters. The molecule has 3 aromatic rings. The summed E-state index contributed by atoms with van der Waals surface area (Å²) < 4.78 is 28.8. The number of hydrogen-bond donors (Lipinski definition) is 1. The Bertz CT molecular complexity index is 1270. The molecule has 8 heteroatoms. The number of carbonyl (C=O) groups is 1. The van der Waals surface area contributed by atoms with Gasteiger partial charge < -0.3 is 9.80 Å². The van der Waals surface area contributed by atoms with Crippen LogP contribution in [-0.4, -0.2) is 45.4 Å². The number of nitrogens with one attached hydrogen (secondary N) is 1. The standard InChI is InChI=1S/C25H26ClN3O3S/c1-18-8-9-19(2)23(16-18)27-33(31,32)24-17-20(10-11-22(24)26)25(30)29-14-12-28(13-15-29)21-6-4-3-5-7-21/h3-11,16-17,27H,12-15H2,1-2H3. The van der Waals surface area contributed by atoms with Gasteiger partial charge in [0.15, 0.2) is 0 Å². The molecule has 1 amide bonds. The van der Waals surface area contributed by atoms with E-state index in [-0.39, 0.29) is 15.8 Å². The lowest BCUT2D eigenvalue weighted by atomic mass is 10.1. The van der Waals surface area contributed by atoms with E-state index in [0.717, 1.165) is 16.8 Å². The van der Waals surface area contributed by atoms with Crippen molar-refractivity contribution < 1.29 is 13.2 Å². The molecule has 1 fully saturated rings. The molecule has 172 valence electrons. The lowest BCUT2D eigenvalue weighted by Gasteiger charge is -2.36. The highest BCUT2D eigenvalue weighted by Crippen LogP contribution is 2.27. The molecule has 0 aromatic heterocycles. The fourth-order valence-electron chi connectivity index (χ4n) is 3.88. The van der Waals surface area contributed by atoms with Crippen LogP contribution >= 0.6 is 11.6 Å². The largest absolute Gasteiger partial charge is 0.368 e. The van der Waals surface area contributed by atoms with Gasteiger partial charge in [-0.05, 0) is 61.4 Å². The zero-order valence-corrected chi connectivity index (χ0v) is 20.2. The van der Waals surface area contributed by atoms with Crippen LogP contribution in [0.2, 0.25) is 5.02 Å². The van der Waals surface area contributed by atoms with Crippen LogP contribution in [0, 0.1) is 13.8 Å². The Balaban J connectivity index is 1.52. The fourth-order valence-corrected chi connectivity index (χ4v) is 5.53. The zero-order valence-electron chi connectivity index (χ0n) is 18.6. The summed E-state index contributed by atoms with van der Waals surface area (Å²) in [5.74, 6) is -0.206. The topological polar surface area (TPSA) is 69.7 Å². The highest BCUT2D eigenvalue weighted by atomic mass is 35.5. The van der Waals surface area contributed by atoms with Crippen LogP contribution in [0.3, 0.4) is 0 Å². The lowest BCUT2D eigenvalue weighted by Crippen LogP contribution is -2.48. The van der Waals surface area contributed by atoms with Crippen molar-refractivity contribution in [2.24, 2.45) is 0 Å². The normalized spacial score (nSPS) is 14.3. The molecular weight excluding hydrogens is 458 g/mol. The molecule has 3 aromatic carbocycles. The van der Waals surface area contributed by atoms with Gasteiger partial charge in [0.1, 0.15) is 4.90 Å². The number of aryl methyl sites for hydroxylation is 2. The van der Waals surface area contributed by atoms with Crippen LogP contribution in [0.4, 0.5) is 11.4 Å². The van der Waals surface area contributed by atoms with E-state index in [1.807, 2.05) is 44.2 Å². The molecule has 1 saturated heterocycles. The Hall–Kier alpha value is -3.03. The Morgan fingerprint density at radius 1 is 0.909 bits per heavy atom. The van der Waals surface area contributed by atoms with E-state index in [9.17, 15) is 13.2 Å². The molecule has 0 aliphatic carbocycles. The van der Waals surface area contributed by atoms with E-state index in [4.69, 9.17) is 11.6 Å². The first kappa shape index (κ1) is 23.1. The molecule has 6 nitrogen and oxygen atoms in total. The molecule has 1 heterocycles. The van der Waals surface area contributed by atoms with Crippen molar-refractivity contribution in [1.29, 1.82) is 0 Å². The van der Waals surface area contributed by atoms with Crippen LogP contribution in [0.25, 0.3) is 0 Å². The zero-order chi connectivity index (χ0) is 23.6. The molecule has 1 aliphatic heterocycles. The molecule has 0 saturated carbocycles. The summed E-state index contributed by atoms with van der Waals surface area (Å²) in [5.41, 5.74) is 3.64. The quantitative estimate of drug-likeness (QED) is 0.570. The first-order valence-corrected chi connectivity index (χ1v) is 12.6. The van der Waals surface area contributed by atoms with Gasteiger partial charge in [-0.3, -0.25) is 9.52 Å². The van der Waals surface area contributed by atoms with Crippen molar-refractivity contribution >= 4 is 38.9 Å². The smallest absolute Gasteiger partial charge is 0.263 e. The Morgan fingerprint density at radius 2 is 1.61 bits per heavy atom. The summed E-state index contributed by atoms with van der Waals surface area (Å²) in [4.78, 5) is 17.0. The number of hydrogen-bond acceptors (Lipinski definition) is 4. The highest BCUT2D eigenvalue weighted by molar-refractivity contribution is 7.92. The first-order valence-electron chi connectivity index (χ1n) is 10.7. The van der Waals surface area contributed by atoms with Crippen molar-refractivity contribution in [1.82, 2.24) is 4.90 Å². The molecular formula is C25H26ClN3O3S. The van der Waals surface area contributed by atoms with Gasteiger partial charge in [-0.1, -0.05) is 41.9 Å². The summed E-state index contributed by atoms with van der Waals surface area (Å²) in [6, 6.07) is 20.0. The van der Waals surface area contributed by atoms with Gasteiger partial charge in [0, 0.05) is 37.4 Å². The molecule has 33 heavy (non-hydrogen) atoms. The number of amides is 1. The molecule has 0 unspecified atom stereocenters. The van der Waals surface area contributed by atoms with Gasteiger partial charge in [-0.25, -0.2) is 8.42 Å². The number of rotatable bonds is 5. The number of halogens is 1. The van der Waals surface area contributed by atoms with Crippen LogP contribution in [0.1, 0.15) is 21.5 Å². The number of anilines is 2. The second-order valence-corrected chi connectivity index (χ2v) is 10.2. The number of nitrogens with zero attached hydrogens (tertiary/aromatic N) is 2. The van der Waals surface area contributed by atoms with E-state index in [1.165, 1.54) is 12.1 Å². The van der Waals surface area contributed by atoms with Crippen molar-refractivity contribution in [3.05, 3.63) is 88.4 Å². The molecule has 4 rings (SSSR count). The Kier molecular flexibility index (Phi) is 6.63. The number of sulfonamides is 1. The summed E-state index contributed by atoms with van der Waals surface area (Å²) in [6.45, 7) is 6.25. The second-order valence-electron chi connectivity index (χ2n) is 8.18. The third-order valence-corrected chi connectivity index (χ3v) is 7.64. The number of benzene rings is 3. The van der Waals surface area contributed by atoms with Crippen LogP contribution in [-0.2, 0) is 10.0 Å². The van der Waals surface area contributed by atoms with Crippen LogP contribution < -0.4 is 9.62 Å². The van der Waals surface area contributed by atoms with E-state index < -0.39 is 10.0 Å². The maximum absolute atomic E-state index is 13.1. The Labute approximate surface area is 199 Å². The minimum atomic E-state index is -3.98. The van der Waals surface area contributed by atoms with Gasteiger partial charge in [0.2, 0.25) is 0 Å². The number of para-hydroxylation sites is 1. The van der Waals surface area contributed by atoms with Crippen molar-refractivity contribution in [3.63, 3.8) is 0 Å². The highest BCUT2D eigenvalue weighted by Gasteiger charge is 2.25. The number of carbonyl (C=O) groups excluding carboxylic acids is 1. The predicted octanol–water partition coefficient (Wildman–Crippen LogP) is 4.72. The van der Waals surface area contributed by atoms with Crippen molar-refractivity contribution in [3.8, 4) is 0 Å². The van der Waals surface area contributed by atoms with E-state index in [1.54, 1.807) is 17.0 Å². The lowest BCUT2D eigenvalue weighted by molar-refractivity contribution is 0.0746. The van der Waals surface area contributed by atoms with E-state index in [2.05, 4.69) is 21.8 Å². The fraction of sp³-hybridized carbons (Fsp3) is 0.240. The first-order chi connectivity index (χ1) is 15.7. The minimum Gasteiger partial charge on any atom is -0.368 e. The maximum Gasteiger partial charge on any atom is 0.263 e. The summed E-state index contributed by atoms with van der Waals surface area (Å²) in [7, 11) is -3.98. The molecule has 0 spiro atoms. The van der Waals surface area contributed by atoms with Gasteiger partial charge >= 0.3 is 0 Å². The van der Waals surface area contributed by atoms with Gasteiger partial charge in [0.25, 0.3) is 15.9 Å². The molecule has 1 aliphatic rings. The Morgan fingerprint density at radius 3 is 2.30 bits per heavy atom. The molecule has 1 N–H and O–H groups in total. The monoisotopic (exact) mass is 483 g/mol. The van der Waals surface area contributed by atoms with Crippen molar-refractivity contribution in [2.45, 2.75) is 18.7 Å². The van der Waals surface area contributed by atoms with Crippen LogP contribution in [0.5, 0.6) is 0 Å². The van der Waals surface area contributed by atoms with E-state index in [0.29, 0.717) is 37.4 Å². The van der Waals surface area contributed by atoms with Crippen molar-refractivity contribution in [2.75, 3.05) is 35.8 Å². The maximum atomic E-state index is 13.1. The van der Waals surface area contributed by atoms with Gasteiger partial charge in [-0.2, -0.15) is 0 Å². The minimum absolute atomic E-state index is 0.0678. The van der Waals surface area contributed by atoms with Gasteiger partial charge in [0.05, 0.1) is 10.7 Å². The summed E-state index contributed by atoms with van der Waals surface area (Å²) in [5, 5.41) is 0.0678. The summed E-state index contributed by atoms with van der Waals surface area (Å²) >= 11 is 6.24. The van der Waals surface area contributed by atoms with Crippen LogP contribution in [0.15, 0.2) is 71.6 Å². The third-order valence-electron chi connectivity index (χ3n) is 5.79. The molecule has 0 radical (unpaired) electrons. The molecule has 0 bridgehead atoms. The van der Waals surface area contributed by atoms with E-state index >= 15 is 0 Å². The summed E-state index contributed by atoms with van der Waals surface area (Å²) in [6.07, 6.45) is 0. The average Bonchev–Trinajstić information content (AvgIpc) is 2.82.